The predicted octanol–water partition coefficient (Wildman–Crippen LogP) is 0.0805. The maximum Gasteiger partial charge on any atom is 0.326 e. The van der Waals surface area contributed by atoms with E-state index in [9.17, 15) is 9.59 Å². The molecule has 0 bridgehead atoms. The summed E-state index contributed by atoms with van der Waals surface area (Å²) in [6.07, 6.45) is 3.01. The van der Waals surface area contributed by atoms with Gasteiger partial charge in [-0.2, -0.15) is 0 Å². The molecular formula is C11H17NO4. The van der Waals surface area contributed by atoms with Crippen LogP contribution in [0.15, 0.2) is 0 Å². The van der Waals surface area contributed by atoms with E-state index in [1.54, 1.807) is 0 Å². The number of amides is 1. The molecule has 2 atom stereocenters. The van der Waals surface area contributed by atoms with Crippen LogP contribution in [0.25, 0.3) is 0 Å². The molecule has 0 aromatic heterocycles. The minimum atomic E-state index is -0.918. The van der Waals surface area contributed by atoms with Gasteiger partial charge in [-0.3, -0.25) is 4.79 Å². The lowest BCUT2D eigenvalue weighted by atomic mass is 10.1. The van der Waals surface area contributed by atoms with Crippen molar-refractivity contribution in [3.63, 3.8) is 0 Å². The fourth-order valence-corrected chi connectivity index (χ4v) is 2.26. The molecule has 2 fully saturated rings. The zero-order valence-corrected chi connectivity index (χ0v) is 9.13. The predicted molar refractivity (Wildman–Crippen MR) is 55.7 cm³/mol. The lowest BCUT2D eigenvalue weighted by molar-refractivity contribution is -0.148. The molecule has 1 saturated heterocycles. The van der Waals surface area contributed by atoms with E-state index in [0.29, 0.717) is 18.9 Å². The second-order valence-corrected chi connectivity index (χ2v) is 4.83. The molecule has 0 radical (unpaired) electrons. The minimum Gasteiger partial charge on any atom is -0.480 e. The van der Waals surface area contributed by atoms with E-state index in [-0.39, 0.29) is 24.9 Å². The normalized spacial score (nSPS) is 27.2. The van der Waals surface area contributed by atoms with Crippen LogP contribution in [-0.4, -0.2) is 46.2 Å². The molecule has 1 aliphatic carbocycles. The molecule has 5 heteroatoms. The number of nitrogens with zero attached hydrogens (tertiary/aromatic N) is 1. The molecule has 2 rings (SSSR count). The summed E-state index contributed by atoms with van der Waals surface area (Å²) in [5.74, 6) is -0.665. The average molecular weight is 227 g/mol. The van der Waals surface area contributed by atoms with Crippen molar-refractivity contribution in [3.05, 3.63) is 0 Å². The van der Waals surface area contributed by atoms with Crippen molar-refractivity contribution in [2.75, 3.05) is 13.2 Å². The van der Waals surface area contributed by atoms with E-state index < -0.39 is 12.0 Å². The van der Waals surface area contributed by atoms with Gasteiger partial charge in [-0.1, -0.05) is 12.8 Å². The molecule has 2 N–H and O–H groups in total. The van der Waals surface area contributed by atoms with Crippen molar-refractivity contribution in [2.45, 2.75) is 31.7 Å². The van der Waals surface area contributed by atoms with Gasteiger partial charge in [-0.05, 0) is 12.3 Å². The Morgan fingerprint density at radius 2 is 2.12 bits per heavy atom. The molecule has 2 aliphatic rings. The smallest absolute Gasteiger partial charge is 0.326 e. The SMILES string of the molecule is O=C(O)[C@H](CC1CC1)N1CC(CO)CC1=O. The summed E-state index contributed by atoms with van der Waals surface area (Å²) in [6.45, 7) is 0.344. The molecule has 1 aliphatic heterocycles. The van der Waals surface area contributed by atoms with E-state index >= 15 is 0 Å². The van der Waals surface area contributed by atoms with Crippen molar-refractivity contribution in [3.8, 4) is 0 Å². The topological polar surface area (TPSA) is 77.8 Å². The lowest BCUT2D eigenvalue weighted by Crippen LogP contribution is -2.42. The van der Waals surface area contributed by atoms with E-state index in [4.69, 9.17) is 10.2 Å². The van der Waals surface area contributed by atoms with Crippen molar-refractivity contribution in [1.82, 2.24) is 4.90 Å². The van der Waals surface area contributed by atoms with Gasteiger partial charge in [0.1, 0.15) is 6.04 Å². The van der Waals surface area contributed by atoms with Crippen LogP contribution in [0.4, 0.5) is 0 Å². The van der Waals surface area contributed by atoms with Crippen molar-refractivity contribution >= 4 is 11.9 Å². The Bertz CT molecular complexity index is 300. The average Bonchev–Trinajstić information content (AvgIpc) is 2.98. The van der Waals surface area contributed by atoms with Gasteiger partial charge in [-0.25, -0.2) is 4.79 Å². The van der Waals surface area contributed by atoms with Crippen LogP contribution in [0.5, 0.6) is 0 Å². The first-order valence-electron chi connectivity index (χ1n) is 5.75. The van der Waals surface area contributed by atoms with E-state index in [2.05, 4.69) is 0 Å². The second kappa shape index (κ2) is 4.41. The Morgan fingerprint density at radius 1 is 1.44 bits per heavy atom. The highest BCUT2D eigenvalue weighted by Gasteiger charge is 2.40. The molecule has 0 aromatic rings. The van der Waals surface area contributed by atoms with Crippen LogP contribution in [0.3, 0.4) is 0 Å². The molecular weight excluding hydrogens is 210 g/mol. The standard InChI is InChI=1S/C11H17NO4/c13-6-8-4-10(14)12(5-8)9(11(15)16)3-7-1-2-7/h7-9,13H,1-6H2,(H,15,16)/t8?,9-/m0/s1. The summed E-state index contributed by atoms with van der Waals surface area (Å²) >= 11 is 0. The van der Waals surface area contributed by atoms with Gasteiger partial charge in [0, 0.05) is 25.5 Å². The molecule has 90 valence electrons. The van der Waals surface area contributed by atoms with E-state index in [1.807, 2.05) is 0 Å². The van der Waals surface area contributed by atoms with Gasteiger partial charge >= 0.3 is 5.97 Å². The molecule has 0 aromatic carbocycles. The van der Waals surface area contributed by atoms with Crippen molar-refractivity contribution in [2.24, 2.45) is 11.8 Å². The highest BCUT2D eigenvalue weighted by atomic mass is 16.4. The first-order valence-corrected chi connectivity index (χ1v) is 5.75. The number of carboxylic acid groups (broad SMARTS) is 1. The number of carbonyl (C=O) groups excluding carboxylic acids is 1. The third-order valence-electron chi connectivity index (χ3n) is 3.41. The number of rotatable bonds is 5. The largest absolute Gasteiger partial charge is 0.480 e. The zero-order valence-electron chi connectivity index (χ0n) is 9.13. The second-order valence-electron chi connectivity index (χ2n) is 4.83. The van der Waals surface area contributed by atoms with Crippen LogP contribution < -0.4 is 0 Å². The molecule has 1 saturated carbocycles. The zero-order chi connectivity index (χ0) is 11.7. The molecule has 1 amide bonds. The monoisotopic (exact) mass is 227 g/mol. The van der Waals surface area contributed by atoms with Crippen LogP contribution in [0.1, 0.15) is 25.7 Å². The maximum absolute atomic E-state index is 11.6. The first kappa shape index (κ1) is 11.4. The Balaban J connectivity index is 2.01. The number of carboxylic acids is 1. The summed E-state index contributed by atoms with van der Waals surface area (Å²) in [4.78, 5) is 24.2. The number of carbonyl (C=O) groups is 2. The van der Waals surface area contributed by atoms with Crippen molar-refractivity contribution in [1.29, 1.82) is 0 Å². The fraction of sp³-hybridized carbons (Fsp3) is 0.818. The summed E-state index contributed by atoms with van der Waals surface area (Å²) in [6, 6.07) is -0.684. The number of aliphatic hydroxyl groups is 1. The number of aliphatic hydroxyl groups excluding tert-OH is 1. The number of hydrogen-bond donors (Lipinski definition) is 2. The molecule has 16 heavy (non-hydrogen) atoms. The van der Waals surface area contributed by atoms with Crippen molar-refractivity contribution < 1.29 is 19.8 Å². The van der Waals surface area contributed by atoms with E-state index in [0.717, 1.165) is 12.8 Å². The van der Waals surface area contributed by atoms with Gasteiger partial charge in [0.2, 0.25) is 5.91 Å². The Kier molecular flexibility index (Phi) is 3.14. The molecule has 1 unspecified atom stereocenters. The lowest BCUT2D eigenvalue weighted by Gasteiger charge is -2.24. The molecule has 5 nitrogen and oxygen atoms in total. The first-order chi connectivity index (χ1) is 7.61. The third-order valence-corrected chi connectivity index (χ3v) is 3.41. The highest BCUT2D eigenvalue weighted by Crippen LogP contribution is 2.36. The number of likely N-dealkylation sites (tertiary alicyclic amines) is 1. The van der Waals surface area contributed by atoms with E-state index in [1.165, 1.54) is 4.90 Å². The van der Waals surface area contributed by atoms with Gasteiger partial charge in [0.05, 0.1) is 0 Å². The van der Waals surface area contributed by atoms with Gasteiger partial charge in [0.15, 0.2) is 0 Å². The molecule has 1 heterocycles. The summed E-state index contributed by atoms with van der Waals surface area (Å²) in [7, 11) is 0. The summed E-state index contributed by atoms with van der Waals surface area (Å²) in [5.41, 5.74) is 0. The summed E-state index contributed by atoms with van der Waals surface area (Å²) in [5, 5.41) is 18.1. The van der Waals surface area contributed by atoms with Crippen LogP contribution in [0, 0.1) is 11.8 Å². The minimum absolute atomic E-state index is 0.0436. The Morgan fingerprint density at radius 3 is 2.56 bits per heavy atom. The van der Waals surface area contributed by atoms with Crippen LogP contribution in [0.2, 0.25) is 0 Å². The van der Waals surface area contributed by atoms with Gasteiger partial charge < -0.3 is 15.1 Å². The van der Waals surface area contributed by atoms with Crippen LogP contribution >= 0.6 is 0 Å². The van der Waals surface area contributed by atoms with Gasteiger partial charge in [0.25, 0.3) is 0 Å². The quantitative estimate of drug-likeness (QED) is 0.697. The number of aliphatic carboxylic acids is 1. The highest BCUT2D eigenvalue weighted by molar-refractivity contribution is 5.85. The number of hydrogen-bond acceptors (Lipinski definition) is 3. The van der Waals surface area contributed by atoms with Gasteiger partial charge in [-0.15, -0.1) is 0 Å². The maximum atomic E-state index is 11.6. The Hall–Kier alpha value is -1.10. The van der Waals surface area contributed by atoms with Crippen LogP contribution in [-0.2, 0) is 9.59 Å². The molecule has 0 spiro atoms. The Labute approximate surface area is 94.0 Å². The fourth-order valence-electron chi connectivity index (χ4n) is 2.26. The summed E-state index contributed by atoms with van der Waals surface area (Å²) < 4.78 is 0. The third kappa shape index (κ3) is 2.35.